The second-order valence-electron chi connectivity index (χ2n) is 1.42. The van der Waals surface area contributed by atoms with Crippen molar-refractivity contribution in [3.63, 3.8) is 0 Å². The lowest BCUT2D eigenvalue weighted by molar-refractivity contribution is -0.139. The number of rotatable bonds is 2. The second kappa shape index (κ2) is 3.78. The van der Waals surface area contributed by atoms with Crippen molar-refractivity contribution in [3.05, 3.63) is 0 Å². The standard InChI is InChI=1S/C5H9O2S/c1-3-4(8)5(6)7-2/h4H,3H2,1-2H3. The van der Waals surface area contributed by atoms with E-state index in [-0.39, 0.29) is 11.2 Å². The SMILES string of the molecule is CCC([S])C(=O)OC. The number of carbonyl (C=O) groups is 1. The molecule has 0 aliphatic rings. The maximum Gasteiger partial charge on any atom is 0.319 e. The Labute approximate surface area is 54.6 Å². The zero-order valence-electron chi connectivity index (χ0n) is 5.01. The Morgan fingerprint density at radius 2 is 2.38 bits per heavy atom. The van der Waals surface area contributed by atoms with Gasteiger partial charge in [0.2, 0.25) is 0 Å². The summed E-state index contributed by atoms with van der Waals surface area (Å²) in [6.45, 7) is 1.86. The van der Waals surface area contributed by atoms with Gasteiger partial charge in [-0.15, -0.1) is 0 Å². The van der Waals surface area contributed by atoms with Gasteiger partial charge in [-0.1, -0.05) is 19.6 Å². The van der Waals surface area contributed by atoms with Crippen LogP contribution in [0.3, 0.4) is 0 Å². The fourth-order valence-corrected chi connectivity index (χ4v) is 0.394. The lowest BCUT2D eigenvalue weighted by Gasteiger charge is -2.00. The first-order valence-electron chi connectivity index (χ1n) is 2.46. The van der Waals surface area contributed by atoms with E-state index in [2.05, 4.69) is 17.4 Å². The van der Waals surface area contributed by atoms with Gasteiger partial charge in [0.15, 0.2) is 0 Å². The number of ether oxygens (including phenoxy) is 1. The van der Waals surface area contributed by atoms with Crippen LogP contribution in [0.1, 0.15) is 13.3 Å². The van der Waals surface area contributed by atoms with Crippen LogP contribution in [0.15, 0.2) is 0 Å². The molecule has 0 aliphatic carbocycles. The van der Waals surface area contributed by atoms with E-state index in [9.17, 15) is 4.79 Å². The number of esters is 1. The molecule has 0 fully saturated rings. The van der Waals surface area contributed by atoms with E-state index in [0.717, 1.165) is 0 Å². The van der Waals surface area contributed by atoms with Crippen molar-refractivity contribution in [2.45, 2.75) is 18.6 Å². The first kappa shape index (κ1) is 7.82. The maximum absolute atomic E-state index is 10.4. The topological polar surface area (TPSA) is 26.3 Å². The molecular formula is C5H9O2S. The Kier molecular flexibility index (Phi) is 3.69. The predicted molar refractivity (Wildman–Crippen MR) is 33.7 cm³/mol. The summed E-state index contributed by atoms with van der Waals surface area (Å²) in [5.41, 5.74) is 0. The summed E-state index contributed by atoms with van der Waals surface area (Å²) >= 11 is 4.69. The van der Waals surface area contributed by atoms with Gasteiger partial charge in [-0.25, -0.2) is 0 Å². The Morgan fingerprint density at radius 3 is 2.50 bits per heavy atom. The van der Waals surface area contributed by atoms with Gasteiger partial charge in [0.05, 0.1) is 7.11 Å². The molecule has 1 unspecified atom stereocenters. The monoisotopic (exact) mass is 133 g/mol. The molecule has 0 aromatic rings. The Bertz CT molecular complexity index is 82.5. The summed E-state index contributed by atoms with van der Waals surface area (Å²) in [5, 5.41) is -0.361. The van der Waals surface area contributed by atoms with Crippen LogP contribution in [0, 0.1) is 0 Å². The Balaban J connectivity index is 3.46. The van der Waals surface area contributed by atoms with Crippen LogP contribution in [0.5, 0.6) is 0 Å². The molecular weight excluding hydrogens is 124 g/mol. The van der Waals surface area contributed by atoms with E-state index < -0.39 is 0 Å². The summed E-state index contributed by atoms with van der Waals surface area (Å²) in [5.74, 6) is -0.303. The van der Waals surface area contributed by atoms with E-state index >= 15 is 0 Å². The van der Waals surface area contributed by atoms with E-state index in [1.54, 1.807) is 0 Å². The molecule has 3 heteroatoms. The minimum Gasteiger partial charge on any atom is -0.468 e. The van der Waals surface area contributed by atoms with Gasteiger partial charge in [0.1, 0.15) is 5.25 Å². The highest BCUT2D eigenvalue weighted by Gasteiger charge is 2.10. The third-order valence-corrected chi connectivity index (χ3v) is 1.36. The average molecular weight is 133 g/mol. The van der Waals surface area contributed by atoms with Gasteiger partial charge in [-0.2, -0.15) is 0 Å². The smallest absolute Gasteiger partial charge is 0.319 e. The Hall–Kier alpha value is -0.180. The predicted octanol–water partition coefficient (Wildman–Crippen LogP) is 1.14. The Morgan fingerprint density at radius 1 is 1.88 bits per heavy atom. The first-order valence-corrected chi connectivity index (χ1v) is 2.93. The molecule has 8 heavy (non-hydrogen) atoms. The van der Waals surface area contributed by atoms with Gasteiger partial charge in [-0.3, -0.25) is 4.79 Å². The minimum atomic E-state index is -0.361. The molecule has 0 N–H and O–H groups in total. The molecule has 0 aromatic heterocycles. The fourth-order valence-electron chi connectivity index (χ4n) is 0.298. The summed E-state index contributed by atoms with van der Waals surface area (Å²) in [4.78, 5) is 10.4. The first-order chi connectivity index (χ1) is 3.72. The molecule has 0 spiro atoms. The molecule has 2 nitrogen and oxygen atoms in total. The number of hydrogen-bond acceptors (Lipinski definition) is 2. The van der Waals surface area contributed by atoms with Crippen LogP contribution < -0.4 is 0 Å². The minimum absolute atomic E-state index is 0.303. The quantitative estimate of drug-likeness (QED) is 0.528. The van der Waals surface area contributed by atoms with E-state index in [4.69, 9.17) is 0 Å². The van der Waals surface area contributed by atoms with Gasteiger partial charge in [0.25, 0.3) is 0 Å². The van der Waals surface area contributed by atoms with Gasteiger partial charge >= 0.3 is 5.97 Å². The van der Waals surface area contributed by atoms with Crippen molar-refractivity contribution in [3.8, 4) is 0 Å². The van der Waals surface area contributed by atoms with Crippen LogP contribution in [-0.4, -0.2) is 18.3 Å². The molecule has 1 atom stereocenters. The molecule has 47 valence electrons. The van der Waals surface area contributed by atoms with Crippen molar-refractivity contribution in [2.24, 2.45) is 0 Å². The fraction of sp³-hybridized carbons (Fsp3) is 0.800. The molecule has 0 rings (SSSR count). The van der Waals surface area contributed by atoms with Crippen molar-refractivity contribution < 1.29 is 9.53 Å². The van der Waals surface area contributed by atoms with Crippen molar-refractivity contribution >= 4 is 18.6 Å². The highest BCUT2D eigenvalue weighted by atomic mass is 32.1. The number of methoxy groups -OCH3 is 1. The maximum atomic E-state index is 10.4. The molecule has 0 aromatic carbocycles. The number of carbonyl (C=O) groups excluding carboxylic acids is 1. The summed E-state index contributed by atoms with van der Waals surface area (Å²) in [6, 6.07) is 0. The van der Waals surface area contributed by atoms with Crippen molar-refractivity contribution in [1.29, 1.82) is 0 Å². The molecule has 0 heterocycles. The third kappa shape index (κ3) is 2.21. The van der Waals surface area contributed by atoms with Crippen LogP contribution >= 0.6 is 12.6 Å². The van der Waals surface area contributed by atoms with Crippen LogP contribution in [0.4, 0.5) is 0 Å². The highest BCUT2D eigenvalue weighted by molar-refractivity contribution is 7.81. The van der Waals surface area contributed by atoms with E-state index in [1.165, 1.54) is 7.11 Å². The zero-order chi connectivity index (χ0) is 6.57. The lowest BCUT2D eigenvalue weighted by Crippen LogP contribution is -2.14. The summed E-state index contributed by atoms with van der Waals surface area (Å²) < 4.78 is 4.36. The molecule has 1 radical (unpaired) electrons. The van der Waals surface area contributed by atoms with Crippen LogP contribution in [0.2, 0.25) is 0 Å². The largest absolute Gasteiger partial charge is 0.468 e. The van der Waals surface area contributed by atoms with Crippen molar-refractivity contribution in [1.82, 2.24) is 0 Å². The van der Waals surface area contributed by atoms with Gasteiger partial charge < -0.3 is 4.74 Å². The van der Waals surface area contributed by atoms with Crippen molar-refractivity contribution in [2.75, 3.05) is 7.11 Å². The highest BCUT2D eigenvalue weighted by Crippen LogP contribution is 2.00. The van der Waals surface area contributed by atoms with Crippen LogP contribution in [-0.2, 0) is 9.53 Å². The van der Waals surface area contributed by atoms with E-state index in [1.807, 2.05) is 6.92 Å². The summed E-state index contributed by atoms with van der Waals surface area (Å²) in [7, 11) is 1.34. The number of hydrogen-bond donors (Lipinski definition) is 0. The van der Waals surface area contributed by atoms with Crippen LogP contribution in [0.25, 0.3) is 0 Å². The molecule has 0 bridgehead atoms. The van der Waals surface area contributed by atoms with E-state index in [0.29, 0.717) is 6.42 Å². The third-order valence-electron chi connectivity index (χ3n) is 0.835. The summed E-state index contributed by atoms with van der Waals surface area (Å²) in [6.07, 6.45) is 0.669. The normalized spacial score (nSPS) is 12.9. The molecule has 0 saturated carbocycles. The van der Waals surface area contributed by atoms with Gasteiger partial charge in [-0.05, 0) is 6.42 Å². The second-order valence-corrected chi connectivity index (χ2v) is 1.99. The average Bonchev–Trinajstić information content (AvgIpc) is 1.84. The van der Waals surface area contributed by atoms with Gasteiger partial charge in [0, 0.05) is 0 Å². The lowest BCUT2D eigenvalue weighted by atomic mass is 10.3. The molecule has 0 amide bonds. The molecule has 0 saturated heterocycles. The molecule has 0 aliphatic heterocycles. The zero-order valence-corrected chi connectivity index (χ0v) is 5.83.